The van der Waals surface area contributed by atoms with E-state index in [4.69, 9.17) is 58.0 Å². The van der Waals surface area contributed by atoms with Crippen LogP contribution in [-0.2, 0) is 80.4 Å². The standard InChI is InChI=1S/C45H60N16O27P4.4Na/c1-45(2,3)33(19-9-7-8-10-20(19)61(67)68)79-18-78-31-28(63)22(84-41(31)60-17-57(5)26-37(60)54-44(47)56-39(26)66)12-81-90(71,72)87-92(75,76)88-91(73,74)82-13-23-30(32(77-6)42(85-23)58-15-51-24-34(48-4)49-14-50-35(24)58)86-89(69,70)80-11-21-27(62)29(64)40(83-21)59-16-52-25-36(59)53-43(46)55-38(25)65;;;;/h7-10,14-17,21-23,27-33,40-42,62-64H,11-13,18H2,1-6H3,(H10-,46,47,48,49,50,53,54,55,56,65,66,69,70,71,72,73,74,75,76);;;;/q;4*+1/p-4/t21-,22-,23-,27?,28+,29+,30?,31?,32+,33?,40-,41-,42-;;;;/m1..../s1. The Morgan fingerprint density at radius 1 is 0.771 bits per heavy atom. The van der Waals surface area contributed by atoms with Crippen LogP contribution in [0.2, 0.25) is 0 Å². The molecule has 17 atom stereocenters. The number of benzene rings is 1. The van der Waals surface area contributed by atoms with Crippen LogP contribution in [0, 0.1) is 15.5 Å². The maximum Gasteiger partial charge on any atom is 1.00 e. The first-order chi connectivity index (χ1) is 43.2. The predicted octanol–water partition coefficient (Wildman–Crippen LogP) is -15.3. The molecule has 3 fully saturated rings. The Morgan fingerprint density at radius 2 is 1.36 bits per heavy atom. The number of para-hydroxylation sites is 1. The van der Waals surface area contributed by atoms with E-state index in [9.17, 15) is 73.2 Å². The fraction of sp³-hybridized carbons (Fsp3) is 0.533. The Hall–Kier alpha value is -2.57. The van der Waals surface area contributed by atoms with Gasteiger partial charge in [0.05, 0.1) is 56.1 Å². The molecule has 1 aromatic carbocycles. The SMILES string of the molecule is CNc1ncnc2c1ncn2[C@@H]1O[C@H](COP(=O)([O-])OP(=O)([O-])OP(=O)([O-])OC[C@H]2O[C@@H]([n+]3cn(C)c4c([O-])nc(N)nc43)C(OCOC(c3ccccc3[N+](=O)[O-])C(C)(C)C)[C@H]2O)C(OP(=O)([O-])OC[C@H]2O[C@@H](n3cnc4c(=O)[nH]c(N)nc43)[C@@H](O)C2O)[C@@H]1OC.[Na+].[Na+].[Na+].[Na+]. The topological polar surface area (TPSA) is 604 Å². The molecule has 96 heavy (non-hydrogen) atoms. The second-order valence-corrected chi connectivity index (χ2v) is 27.4. The number of aryl methyl sites for hydroxylation is 1. The van der Waals surface area contributed by atoms with Gasteiger partial charge in [-0.15, -0.1) is 0 Å². The summed E-state index contributed by atoms with van der Waals surface area (Å²) in [6, 6.07) is 5.73. The number of hydrogen-bond acceptors (Lipinski definition) is 37. The van der Waals surface area contributed by atoms with E-state index in [-0.39, 0.29) is 175 Å². The number of H-pyrrole nitrogens is 1. The van der Waals surface area contributed by atoms with Crippen LogP contribution in [-0.4, -0.2) is 170 Å². The molecule has 10 rings (SSSR count). The third kappa shape index (κ3) is 18.1. The first-order valence-corrected chi connectivity index (χ1v) is 32.6. The number of phosphoric ester groups is 3. The van der Waals surface area contributed by atoms with E-state index in [2.05, 4.69) is 53.8 Å². The molecule has 0 saturated carbocycles. The minimum atomic E-state index is -6.70. The molecule has 43 nitrogen and oxygen atoms in total. The normalized spacial score (nSPS) is 26.3. The number of nitro benzene ring substituents is 1. The minimum absolute atomic E-state index is 0. The number of nitrogens with two attached hydrogens (primary N) is 2. The molecular weight excluding hydrogens is 1410 g/mol. The van der Waals surface area contributed by atoms with Crippen LogP contribution in [0.15, 0.2) is 54.4 Å². The number of imidazole rings is 3. The fourth-order valence-electron chi connectivity index (χ4n) is 10.4. The molecule has 7 aromatic rings. The van der Waals surface area contributed by atoms with Crippen molar-refractivity contribution in [1.29, 1.82) is 0 Å². The van der Waals surface area contributed by atoms with Gasteiger partial charge >= 0.3 is 124 Å². The van der Waals surface area contributed by atoms with Gasteiger partial charge in [-0.1, -0.05) is 37.9 Å². The maximum atomic E-state index is 13.7. The molecule has 502 valence electrons. The number of fused-ring (bicyclic) bond motifs is 3. The molecule has 0 aliphatic carbocycles. The van der Waals surface area contributed by atoms with E-state index in [1.165, 1.54) is 47.8 Å². The smallest absolute Gasteiger partial charge is 0.856 e. The number of nitrogen functional groups attached to an aromatic ring is 2. The Labute approximate surface area is 628 Å². The van der Waals surface area contributed by atoms with Crippen molar-refractivity contribution in [3.63, 3.8) is 0 Å². The van der Waals surface area contributed by atoms with Crippen LogP contribution in [0.25, 0.3) is 33.5 Å². The van der Waals surface area contributed by atoms with Gasteiger partial charge in [-0.05, 0) is 11.5 Å². The van der Waals surface area contributed by atoms with Gasteiger partial charge in [-0.2, -0.15) is 4.98 Å². The number of nitrogens with one attached hydrogen (secondary N) is 2. The van der Waals surface area contributed by atoms with Crippen molar-refractivity contribution in [2.75, 3.05) is 57.6 Å². The molecule has 3 aliphatic rings. The number of anilines is 3. The summed E-state index contributed by atoms with van der Waals surface area (Å²) in [6.07, 6.45) is -17.6. The third-order valence-corrected chi connectivity index (χ3v) is 19.5. The number of nitrogens with zero attached hydrogens (tertiary/aromatic N) is 12. The van der Waals surface area contributed by atoms with E-state index < -0.39 is 165 Å². The number of aromatic amines is 1. The van der Waals surface area contributed by atoms with Crippen molar-refractivity contribution in [2.24, 2.45) is 12.5 Å². The minimum Gasteiger partial charge on any atom is -0.856 e. The molecule has 0 spiro atoms. The molecule has 3 saturated heterocycles. The molecule has 0 radical (unpaired) electrons. The summed E-state index contributed by atoms with van der Waals surface area (Å²) < 4.78 is 122. The number of hydrogen-bond donors (Lipinski definition) is 7. The van der Waals surface area contributed by atoms with Crippen LogP contribution in [0.4, 0.5) is 23.4 Å². The molecule has 8 unspecified atom stereocenters. The van der Waals surface area contributed by atoms with Gasteiger partial charge in [0.2, 0.25) is 12.2 Å². The average molecular weight is 1470 g/mol. The molecule has 51 heteroatoms. The molecule has 9 heterocycles. The first kappa shape index (κ1) is 82.4. The summed E-state index contributed by atoms with van der Waals surface area (Å²) in [5.74, 6) is -1.47. The van der Waals surface area contributed by atoms with Crippen molar-refractivity contribution in [3.05, 3.63) is 75.6 Å². The van der Waals surface area contributed by atoms with Crippen LogP contribution in [0.3, 0.4) is 0 Å². The zero-order valence-corrected chi connectivity index (χ0v) is 64.0. The van der Waals surface area contributed by atoms with E-state index in [0.717, 1.165) is 35.2 Å². The van der Waals surface area contributed by atoms with Gasteiger partial charge in [0, 0.05) is 26.1 Å². The summed E-state index contributed by atoms with van der Waals surface area (Å²) in [6.45, 7) is 0.592. The van der Waals surface area contributed by atoms with Crippen LogP contribution < -0.4 is 170 Å². The first-order valence-electron chi connectivity index (χ1n) is 26.8. The number of nitro groups is 1. The Balaban J connectivity index is 0.00000364. The Kier molecular flexibility index (Phi) is 28.2. The monoisotopic (exact) mass is 1470 g/mol. The van der Waals surface area contributed by atoms with Crippen LogP contribution >= 0.6 is 31.3 Å². The molecular formula is C45H56N16Na4O27P4. The molecule has 0 bridgehead atoms. The number of phosphoric acid groups is 4. The number of methoxy groups -OCH3 is 1. The van der Waals surface area contributed by atoms with E-state index in [0.29, 0.717) is 0 Å². The van der Waals surface area contributed by atoms with Crippen molar-refractivity contribution < 1.29 is 241 Å². The Morgan fingerprint density at radius 3 is 1.99 bits per heavy atom. The number of aliphatic hydroxyl groups is 3. The number of ether oxygens (including phenoxy) is 6. The van der Waals surface area contributed by atoms with Crippen molar-refractivity contribution >= 4 is 88.2 Å². The summed E-state index contributed by atoms with van der Waals surface area (Å²) >= 11 is 0. The van der Waals surface area contributed by atoms with Crippen LogP contribution in [0.5, 0.6) is 5.88 Å². The van der Waals surface area contributed by atoms with Gasteiger partial charge in [0.15, 0.2) is 46.9 Å². The zero-order valence-electron chi connectivity index (χ0n) is 52.4. The molecule has 0 amide bonds. The summed E-state index contributed by atoms with van der Waals surface area (Å²) in [4.78, 5) is 108. The van der Waals surface area contributed by atoms with Crippen molar-refractivity contribution in [1.82, 2.24) is 53.6 Å². The van der Waals surface area contributed by atoms with Crippen molar-refractivity contribution in [3.8, 4) is 5.88 Å². The van der Waals surface area contributed by atoms with Gasteiger partial charge in [-0.3, -0.25) is 51.9 Å². The van der Waals surface area contributed by atoms with E-state index in [1.54, 1.807) is 26.8 Å². The summed E-state index contributed by atoms with van der Waals surface area (Å²) in [7, 11) is -21.2. The predicted molar refractivity (Wildman–Crippen MR) is 292 cm³/mol. The molecule has 9 N–H and O–H groups in total. The third-order valence-electron chi connectivity index (χ3n) is 14.4. The molecule has 6 aromatic heterocycles. The van der Waals surface area contributed by atoms with E-state index in [1.807, 2.05) is 0 Å². The molecule has 3 aliphatic heterocycles. The Bertz CT molecular complexity index is 4180. The van der Waals surface area contributed by atoms with Gasteiger partial charge in [0.1, 0.15) is 73.6 Å². The number of aromatic nitrogens is 12. The fourth-order valence-corrected chi connectivity index (χ4v) is 14.7. The van der Waals surface area contributed by atoms with Gasteiger partial charge in [0.25, 0.3) is 48.5 Å². The second kappa shape index (κ2) is 32.8. The zero-order chi connectivity index (χ0) is 66.7. The summed E-state index contributed by atoms with van der Waals surface area (Å²) in [5.41, 5.74) is 9.18. The summed E-state index contributed by atoms with van der Waals surface area (Å²) in [5, 5.41) is 61.2. The van der Waals surface area contributed by atoms with Gasteiger partial charge in [-0.25, -0.2) is 38.1 Å². The quantitative estimate of drug-likeness (QED) is 0.00661. The number of aliphatic hydroxyl groups excluding tert-OH is 3. The maximum absolute atomic E-state index is 13.7. The second-order valence-electron chi connectivity index (χ2n) is 21.5. The number of rotatable bonds is 26. The van der Waals surface area contributed by atoms with Gasteiger partial charge < -0.3 is 103 Å². The van der Waals surface area contributed by atoms with E-state index >= 15 is 0 Å². The average Bonchev–Trinajstić information content (AvgIpc) is 1.57. The van der Waals surface area contributed by atoms with Crippen LogP contribution in [0.1, 0.15) is 51.1 Å². The largest absolute Gasteiger partial charge is 1.00 e. The van der Waals surface area contributed by atoms with Crippen molar-refractivity contribution in [2.45, 2.75) is 100 Å².